The molecule has 8 nitrogen and oxygen atoms in total. The molecule has 0 spiro atoms. The quantitative estimate of drug-likeness (QED) is 0.338. The first-order valence-corrected chi connectivity index (χ1v) is 9.81. The molecule has 1 atom stereocenters. The molecule has 0 bridgehead atoms. The summed E-state index contributed by atoms with van der Waals surface area (Å²) in [6.45, 7) is 6.25. The molecule has 2 N–H and O–H groups in total. The van der Waals surface area contributed by atoms with E-state index in [1.54, 1.807) is 19.2 Å². The third-order valence-corrected chi connectivity index (χ3v) is 4.43. The number of hydrogen-bond donors (Lipinski definition) is 2. The zero-order valence-electron chi connectivity index (χ0n) is 17.6. The number of aliphatic imine (C=N–C) groups is 1. The minimum absolute atomic E-state index is 0.125. The summed E-state index contributed by atoms with van der Waals surface area (Å²) >= 11 is 0. The van der Waals surface area contributed by atoms with Crippen molar-refractivity contribution in [1.29, 1.82) is 0 Å². The van der Waals surface area contributed by atoms with Crippen molar-refractivity contribution in [1.82, 2.24) is 25.4 Å². The molecule has 1 aromatic heterocycles. The van der Waals surface area contributed by atoms with Gasteiger partial charge in [-0.05, 0) is 31.9 Å². The summed E-state index contributed by atoms with van der Waals surface area (Å²) in [6.07, 6.45) is 1.50. The van der Waals surface area contributed by atoms with Gasteiger partial charge < -0.3 is 24.7 Å². The van der Waals surface area contributed by atoms with Gasteiger partial charge in [0.05, 0.1) is 6.54 Å². The predicted octanol–water partition coefficient (Wildman–Crippen LogP) is 2.19. The van der Waals surface area contributed by atoms with Gasteiger partial charge >= 0.3 is 0 Å². The first kappa shape index (κ1) is 22.6. The number of benzene rings is 1. The first-order chi connectivity index (χ1) is 14.0. The first-order valence-electron chi connectivity index (χ1n) is 9.81. The van der Waals surface area contributed by atoms with Crippen LogP contribution in [-0.4, -0.2) is 53.6 Å². The van der Waals surface area contributed by atoms with E-state index in [0.29, 0.717) is 31.4 Å². The van der Waals surface area contributed by atoms with Gasteiger partial charge in [-0.2, -0.15) is 0 Å². The lowest BCUT2D eigenvalue weighted by molar-refractivity contribution is 0.194. The lowest BCUT2D eigenvalue weighted by atomic mass is 10.2. The average molecular weight is 407 g/mol. The lowest BCUT2D eigenvalue weighted by Gasteiger charge is -2.20. The van der Waals surface area contributed by atoms with Gasteiger partial charge in [0.15, 0.2) is 11.8 Å². The molecule has 0 saturated heterocycles. The molecule has 2 aromatic rings. The fourth-order valence-corrected chi connectivity index (χ4v) is 2.55. The van der Waals surface area contributed by atoms with Crippen molar-refractivity contribution in [2.45, 2.75) is 39.3 Å². The van der Waals surface area contributed by atoms with Gasteiger partial charge in [-0.3, -0.25) is 0 Å². The summed E-state index contributed by atoms with van der Waals surface area (Å²) in [5.74, 6) is 2.48. The van der Waals surface area contributed by atoms with E-state index in [-0.39, 0.29) is 11.9 Å². The molecule has 0 aliphatic rings. The van der Waals surface area contributed by atoms with Crippen molar-refractivity contribution in [3.8, 4) is 5.75 Å². The molecule has 1 aromatic carbocycles. The van der Waals surface area contributed by atoms with Gasteiger partial charge in [-0.15, -0.1) is 10.2 Å². The normalized spacial score (nSPS) is 12.7. The van der Waals surface area contributed by atoms with E-state index in [1.807, 2.05) is 25.5 Å². The van der Waals surface area contributed by atoms with Crippen molar-refractivity contribution >= 4 is 5.96 Å². The van der Waals surface area contributed by atoms with Crippen LogP contribution in [0.4, 0.5) is 4.39 Å². The summed E-state index contributed by atoms with van der Waals surface area (Å²) in [7, 11) is 3.60. The molecule has 1 unspecified atom stereocenters. The Labute approximate surface area is 171 Å². The van der Waals surface area contributed by atoms with Gasteiger partial charge in [-0.1, -0.05) is 13.0 Å². The Kier molecular flexibility index (Phi) is 9.36. The molecule has 0 radical (unpaired) electrons. The van der Waals surface area contributed by atoms with Gasteiger partial charge in [0, 0.05) is 33.4 Å². The number of rotatable bonds is 11. The van der Waals surface area contributed by atoms with E-state index in [9.17, 15) is 4.39 Å². The largest absolute Gasteiger partial charge is 0.489 e. The van der Waals surface area contributed by atoms with Crippen LogP contribution in [0.15, 0.2) is 29.3 Å². The van der Waals surface area contributed by atoms with Crippen LogP contribution in [0.5, 0.6) is 5.75 Å². The van der Waals surface area contributed by atoms with Crippen LogP contribution < -0.4 is 15.4 Å². The van der Waals surface area contributed by atoms with Gasteiger partial charge in [0.1, 0.15) is 30.0 Å². The molecule has 29 heavy (non-hydrogen) atoms. The van der Waals surface area contributed by atoms with E-state index < -0.39 is 0 Å². The standard InChI is InChI=1S/C20H31FN6O2/c1-5-17(29-18-9-6-8-16(21)12-18)13-23-20(22-10-7-11-28-4)24-14-19-26-25-15(2)27(19)3/h6,8-9,12,17H,5,7,10-11,13-14H2,1-4H3,(H2,22,23,24). The van der Waals surface area contributed by atoms with Crippen molar-refractivity contribution in [2.24, 2.45) is 12.0 Å². The highest BCUT2D eigenvalue weighted by atomic mass is 19.1. The number of aromatic nitrogens is 3. The second kappa shape index (κ2) is 12.0. The zero-order valence-corrected chi connectivity index (χ0v) is 17.6. The van der Waals surface area contributed by atoms with Crippen LogP contribution in [0, 0.1) is 12.7 Å². The van der Waals surface area contributed by atoms with E-state index in [4.69, 9.17) is 9.47 Å². The van der Waals surface area contributed by atoms with E-state index in [2.05, 4.69) is 25.8 Å². The number of nitrogens with zero attached hydrogens (tertiary/aromatic N) is 4. The highest BCUT2D eigenvalue weighted by molar-refractivity contribution is 5.79. The number of ether oxygens (including phenoxy) is 2. The minimum atomic E-state index is -0.314. The van der Waals surface area contributed by atoms with Crippen LogP contribution in [0.25, 0.3) is 0 Å². The maximum atomic E-state index is 13.4. The lowest BCUT2D eigenvalue weighted by Crippen LogP contribution is -2.43. The Morgan fingerprint density at radius 3 is 2.79 bits per heavy atom. The Morgan fingerprint density at radius 1 is 1.31 bits per heavy atom. The van der Waals surface area contributed by atoms with Crippen LogP contribution in [0.1, 0.15) is 31.4 Å². The summed E-state index contributed by atoms with van der Waals surface area (Å²) in [5, 5.41) is 14.8. The van der Waals surface area contributed by atoms with Crippen LogP contribution in [0.2, 0.25) is 0 Å². The number of methoxy groups -OCH3 is 1. The SMILES string of the molecule is CCC(CNC(=NCc1nnc(C)n1C)NCCCOC)Oc1cccc(F)c1. The third-order valence-electron chi connectivity index (χ3n) is 4.43. The molecule has 0 aliphatic heterocycles. The number of halogens is 1. The Hall–Kier alpha value is -2.68. The second-order valence-corrected chi connectivity index (χ2v) is 6.65. The van der Waals surface area contributed by atoms with E-state index >= 15 is 0 Å². The molecule has 2 rings (SSSR count). The fourth-order valence-electron chi connectivity index (χ4n) is 2.55. The minimum Gasteiger partial charge on any atom is -0.489 e. The molecule has 160 valence electrons. The fraction of sp³-hybridized carbons (Fsp3) is 0.550. The molecule has 0 aliphatic carbocycles. The summed E-state index contributed by atoms with van der Waals surface area (Å²) < 4.78 is 26.3. The van der Waals surface area contributed by atoms with E-state index in [1.165, 1.54) is 12.1 Å². The number of hydrogen-bond acceptors (Lipinski definition) is 5. The Morgan fingerprint density at radius 2 is 2.14 bits per heavy atom. The molecule has 1 heterocycles. The van der Waals surface area contributed by atoms with Gasteiger partial charge in [0.25, 0.3) is 0 Å². The monoisotopic (exact) mass is 406 g/mol. The highest BCUT2D eigenvalue weighted by Crippen LogP contribution is 2.14. The molecule has 0 amide bonds. The molecule has 0 fully saturated rings. The smallest absolute Gasteiger partial charge is 0.191 e. The summed E-state index contributed by atoms with van der Waals surface area (Å²) in [4.78, 5) is 4.61. The topological polar surface area (TPSA) is 85.6 Å². The Balaban J connectivity index is 1.97. The summed E-state index contributed by atoms with van der Waals surface area (Å²) in [5.41, 5.74) is 0. The van der Waals surface area contributed by atoms with Gasteiger partial charge in [0.2, 0.25) is 0 Å². The van der Waals surface area contributed by atoms with Crippen LogP contribution in [-0.2, 0) is 18.3 Å². The number of nitrogens with one attached hydrogen (secondary N) is 2. The van der Waals surface area contributed by atoms with Crippen LogP contribution in [0.3, 0.4) is 0 Å². The average Bonchev–Trinajstić information content (AvgIpc) is 3.03. The zero-order chi connectivity index (χ0) is 21.1. The molecule has 9 heteroatoms. The van der Waals surface area contributed by atoms with Crippen molar-refractivity contribution in [3.05, 3.63) is 41.7 Å². The highest BCUT2D eigenvalue weighted by Gasteiger charge is 2.11. The van der Waals surface area contributed by atoms with E-state index in [0.717, 1.165) is 31.0 Å². The Bertz CT molecular complexity index is 780. The van der Waals surface area contributed by atoms with Gasteiger partial charge in [-0.25, -0.2) is 9.38 Å². The second-order valence-electron chi connectivity index (χ2n) is 6.65. The van der Waals surface area contributed by atoms with Crippen molar-refractivity contribution in [2.75, 3.05) is 26.8 Å². The maximum absolute atomic E-state index is 13.4. The number of guanidine groups is 1. The van der Waals surface area contributed by atoms with Crippen molar-refractivity contribution < 1.29 is 13.9 Å². The third kappa shape index (κ3) is 7.69. The number of aryl methyl sites for hydroxylation is 1. The predicted molar refractivity (Wildman–Crippen MR) is 110 cm³/mol. The molecular weight excluding hydrogens is 375 g/mol. The van der Waals surface area contributed by atoms with Crippen molar-refractivity contribution in [3.63, 3.8) is 0 Å². The summed E-state index contributed by atoms with van der Waals surface area (Å²) in [6, 6.07) is 6.17. The van der Waals surface area contributed by atoms with Crippen LogP contribution >= 0.6 is 0 Å². The molecule has 0 saturated carbocycles. The molecular formula is C20H31FN6O2. The maximum Gasteiger partial charge on any atom is 0.191 e.